The van der Waals surface area contributed by atoms with Gasteiger partial charge in [-0.05, 0) is 93.3 Å². The molecule has 124 valence electrons. The predicted molar refractivity (Wildman–Crippen MR) is 99.2 cm³/mol. The molecule has 3 fully saturated rings. The van der Waals surface area contributed by atoms with E-state index in [0.29, 0.717) is 5.41 Å². The molecule has 23 heavy (non-hydrogen) atoms. The Morgan fingerprint density at radius 2 is 1.74 bits per heavy atom. The van der Waals surface area contributed by atoms with Crippen molar-refractivity contribution in [1.29, 1.82) is 0 Å². The first kappa shape index (κ1) is 16.3. The van der Waals surface area contributed by atoms with Crippen LogP contribution in [0.25, 0.3) is 5.57 Å². The molecule has 0 saturated carbocycles. The summed E-state index contributed by atoms with van der Waals surface area (Å²) in [6, 6.07) is 6.43. The fourth-order valence-electron chi connectivity index (χ4n) is 4.44. The van der Waals surface area contributed by atoms with Crippen molar-refractivity contribution in [2.45, 2.75) is 46.0 Å². The lowest BCUT2D eigenvalue weighted by atomic mass is 9.68. The Morgan fingerprint density at radius 1 is 1.17 bits per heavy atom. The van der Waals surface area contributed by atoms with Crippen LogP contribution < -0.4 is 5.73 Å². The van der Waals surface area contributed by atoms with E-state index in [1.165, 1.54) is 67.6 Å². The van der Waals surface area contributed by atoms with Crippen molar-refractivity contribution in [2.75, 3.05) is 19.6 Å². The minimum absolute atomic E-state index is 0.568. The van der Waals surface area contributed by atoms with Crippen LogP contribution in [0.4, 0.5) is 0 Å². The standard InChI is InChI=1S/C21H30N2/c1-16(7-8-21-9-12-23(13-10-21)14-11-21)19(15-22)20-17(2)5-4-6-18(20)3/h4-6,15H,1,7-14,22H2,2-3H3/b19-15-. The number of hydrogen-bond donors (Lipinski definition) is 1. The first-order valence-electron chi connectivity index (χ1n) is 8.94. The molecule has 3 saturated heterocycles. The summed E-state index contributed by atoms with van der Waals surface area (Å²) in [6.45, 7) is 12.6. The fourth-order valence-corrected chi connectivity index (χ4v) is 4.44. The van der Waals surface area contributed by atoms with Crippen molar-refractivity contribution < 1.29 is 0 Å². The van der Waals surface area contributed by atoms with Gasteiger partial charge >= 0.3 is 0 Å². The molecule has 0 amide bonds. The highest BCUT2D eigenvalue weighted by Crippen LogP contribution is 2.45. The summed E-state index contributed by atoms with van der Waals surface area (Å²) in [5.74, 6) is 0. The van der Waals surface area contributed by atoms with Crippen LogP contribution in [0.15, 0.2) is 36.6 Å². The Balaban J connectivity index is 1.72. The molecule has 1 aromatic carbocycles. The highest BCUT2D eigenvalue weighted by molar-refractivity contribution is 5.81. The van der Waals surface area contributed by atoms with Gasteiger partial charge in [-0.15, -0.1) is 0 Å². The van der Waals surface area contributed by atoms with E-state index in [1.807, 2.05) is 0 Å². The predicted octanol–water partition coefficient (Wildman–Crippen LogP) is 4.43. The number of piperidine rings is 3. The average molecular weight is 310 g/mol. The Morgan fingerprint density at radius 3 is 2.26 bits per heavy atom. The van der Waals surface area contributed by atoms with Crippen LogP contribution in [0.3, 0.4) is 0 Å². The summed E-state index contributed by atoms with van der Waals surface area (Å²) in [5, 5.41) is 0. The van der Waals surface area contributed by atoms with Gasteiger partial charge in [0.25, 0.3) is 0 Å². The Bertz CT molecular complexity index is 585. The number of hydrogen-bond acceptors (Lipinski definition) is 2. The molecule has 0 radical (unpaired) electrons. The summed E-state index contributed by atoms with van der Waals surface area (Å²) < 4.78 is 0. The molecular weight excluding hydrogens is 280 g/mol. The van der Waals surface area contributed by atoms with Crippen LogP contribution in [0.5, 0.6) is 0 Å². The third-order valence-corrected chi connectivity index (χ3v) is 6.13. The summed E-state index contributed by atoms with van der Waals surface area (Å²) in [6.07, 6.45) is 8.19. The van der Waals surface area contributed by atoms with Crippen LogP contribution in [0, 0.1) is 19.3 Å². The van der Waals surface area contributed by atoms with E-state index in [2.05, 4.69) is 43.5 Å². The maximum atomic E-state index is 6.00. The van der Waals surface area contributed by atoms with Gasteiger partial charge in [-0.2, -0.15) is 0 Å². The van der Waals surface area contributed by atoms with Gasteiger partial charge in [-0.1, -0.05) is 24.8 Å². The Labute approximate surface area is 141 Å². The lowest BCUT2D eigenvalue weighted by Crippen LogP contribution is -2.48. The average Bonchev–Trinajstić information content (AvgIpc) is 2.58. The number of fused-ring (bicyclic) bond motifs is 3. The molecule has 2 heteroatoms. The lowest BCUT2D eigenvalue weighted by molar-refractivity contribution is 0.0204. The van der Waals surface area contributed by atoms with Crippen molar-refractivity contribution in [3.05, 3.63) is 53.2 Å². The van der Waals surface area contributed by atoms with Crippen molar-refractivity contribution in [1.82, 2.24) is 4.90 Å². The zero-order chi connectivity index (χ0) is 16.4. The molecule has 0 aromatic heterocycles. The van der Waals surface area contributed by atoms with E-state index in [0.717, 1.165) is 12.0 Å². The highest BCUT2D eigenvalue weighted by atomic mass is 15.1. The van der Waals surface area contributed by atoms with Crippen LogP contribution in [-0.2, 0) is 0 Å². The third-order valence-electron chi connectivity index (χ3n) is 6.13. The number of aryl methyl sites for hydroxylation is 2. The second kappa shape index (κ2) is 6.52. The van der Waals surface area contributed by atoms with Crippen molar-refractivity contribution in [2.24, 2.45) is 11.1 Å². The lowest BCUT2D eigenvalue weighted by Gasteiger charge is -2.48. The third kappa shape index (κ3) is 3.23. The zero-order valence-corrected chi connectivity index (χ0v) is 14.7. The smallest absolute Gasteiger partial charge is 0.00203 e. The quantitative estimate of drug-likeness (QED) is 0.815. The first-order valence-corrected chi connectivity index (χ1v) is 8.94. The molecular formula is C21H30N2. The van der Waals surface area contributed by atoms with E-state index >= 15 is 0 Å². The molecule has 4 rings (SSSR count). The van der Waals surface area contributed by atoms with Crippen molar-refractivity contribution in [3.8, 4) is 0 Å². The monoisotopic (exact) mass is 310 g/mol. The highest BCUT2D eigenvalue weighted by Gasteiger charge is 2.38. The first-order chi connectivity index (χ1) is 11.0. The molecule has 0 aliphatic carbocycles. The number of allylic oxidation sites excluding steroid dienone is 2. The topological polar surface area (TPSA) is 29.3 Å². The molecule has 0 spiro atoms. The number of nitrogens with zero attached hydrogens (tertiary/aromatic N) is 1. The summed E-state index contributed by atoms with van der Waals surface area (Å²) in [7, 11) is 0. The molecule has 1 aromatic rings. The van der Waals surface area contributed by atoms with E-state index in [9.17, 15) is 0 Å². The zero-order valence-electron chi connectivity index (χ0n) is 14.7. The molecule has 2 bridgehead atoms. The van der Waals surface area contributed by atoms with Crippen LogP contribution in [-0.4, -0.2) is 24.5 Å². The van der Waals surface area contributed by atoms with Gasteiger partial charge in [0.05, 0.1) is 0 Å². The van der Waals surface area contributed by atoms with Crippen molar-refractivity contribution in [3.63, 3.8) is 0 Å². The Hall–Kier alpha value is -1.54. The van der Waals surface area contributed by atoms with Gasteiger partial charge in [0.15, 0.2) is 0 Å². The van der Waals surface area contributed by atoms with Gasteiger partial charge < -0.3 is 10.6 Å². The van der Waals surface area contributed by atoms with Crippen LogP contribution >= 0.6 is 0 Å². The van der Waals surface area contributed by atoms with Gasteiger partial charge in [0, 0.05) is 11.8 Å². The summed E-state index contributed by atoms with van der Waals surface area (Å²) in [4.78, 5) is 2.61. The normalized spacial score (nSPS) is 27.2. The number of rotatable bonds is 5. The summed E-state index contributed by atoms with van der Waals surface area (Å²) >= 11 is 0. The molecule has 2 N–H and O–H groups in total. The molecule has 2 nitrogen and oxygen atoms in total. The molecule has 0 unspecified atom stereocenters. The molecule has 0 atom stereocenters. The Kier molecular flexibility index (Phi) is 4.63. The second-order valence-corrected chi connectivity index (χ2v) is 7.54. The number of benzene rings is 1. The minimum Gasteiger partial charge on any atom is -0.404 e. The van der Waals surface area contributed by atoms with E-state index < -0.39 is 0 Å². The molecule has 3 heterocycles. The van der Waals surface area contributed by atoms with Gasteiger partial charge in [0.1, 0.15) is 0 Å². The van der Waals surface area contributed by atoms with Crippen LogP contribution in [0.1, 0.15) is 48.8 Å². The van der Waals surface area contributed by atoms with E-state index in [-0.39, 0.29) is 0 Å². The van der Waals surface area contributed by atoms with E-state index in [1.54, 1.807) is 6.20 Å². The van der Waals surface area contributed by atoms with Gasteiger partial charge in [0.2, 0.25) is 0 Å². The number of nitrogens with two attached hydrogens (primary N) is 1. The largest absolute Gasteiger partial charge is 0.404 e. The molecule has 3 aliphatic rings. The van der Waals surface area contributed by atoms with Crippen molar-refractivity contribution >= 4 is 5.57 Å². The maximum Gasteiger partial charge on any atom is 0.00203 e. The van der Waals surface area contributed by atoms with Gasteiger partial charge in [-0.25, -0.2) is 0 Å². The fraction of sp³-hybridized carbons (Fsp3) is 0.524. The minimum atomic E-state index is 0.568. The maximum absolute atomic E-state index is 6.00. The summed E-state index contributed by atoms with van der Waals surface area (Å²) in [5.41, 5.74) is 12.8. The second-order valence-electron chi connectivity index (χ2n) is 7.54. The SMILES string of the molecule is C=C(CCC12CCN(CC1)CC2)/C(=C/N)c1c(C)cccc1C. The van der Waals surface area contributed by atoms with E-state index in [4.69, 9.17) is 5.73 Å². The van der Waals surface area contributed by atoms with Crippen LogP contribution in [0.2, 0.25) is 0 Å². The molecule has 3 aliphatic heterocycles. The van der Waals surface area contributed by atoms with Gasteiger partial charge in [-0.3, -0.25) is 0 Å².